The lowest BCUT2D eigenvalue weighted by Crippen LogP contribution is -2.46. The van der Waals surface area contributed by atoms with Crippen LogP contribution >= 0.6 is 11.3 Å². The van der Waals surface area contributed by atoms with Gasteiger partial charge < -0.3 is 15.0 Å². The van der Waals surface area contributed by atoms with Gasteiger partial charge in [-0.1, -0.05) is 6.07 Å². The number of carbonyl (C=O) groups excluding carboxylic acids is 2. The Balaban J connectivity index is 1.53. The molecular formula is C19H23N3O5S2. The van der Waals surface area contributed by atoms with Crippen molar-refractivity contribution >= 4 is 39.0 Å². The van der Waals surface area contributed by atoms with Crippen LogP contribution in [-0.4, -0.2) is 51.1 Å². The van der Waals surface area contributed by atoms with Gasteiger partial charge >= 0.3 is 6.09 Å². The molecule has 0 spiro atoms. The molecule has 1 aliphatic rings. The molecule has 1 fully saturated rings. The number of carbonyl (C=O) groups is 2. The van der Waals surface area contributed by atoms with Crippen LogP contribution in [0.2, 0.25) is 0 Å². The number of anilines is 1. The Morgan fingerprint density at radius 1 is 1.17 bits per heavy atom. The molecule has 2 N–H and O–H groups in total. The molecule has 3 rings (SSSR count). The summed E-state index contributed by atoms with van der Waals surface area (Å²) in [5.41, 5.74) is 0.828. The highest BCUT2D eigenvalue weighted by Crippen LogP contribution is 2.20. The van der Waals surface area contributed by atoms with Gasteiger partial charge in [0.1, 0.15) is 4.21 Å². The summed E-state index contributed by atoms with van der Waals surface area (Å²) in [7, 11) is -3.62. The summed E-state index contributed by atoms with van der Waals surface area (Å²) in [6.45, 7) is 3.18. The Morgan fingerprint density at radius 2 is 1.86 bits per heavy atom. The molecule has 1 aromatic carbocycles. The lowest BCUT2D eigenvalue weighted by Gasteiger charge is -2.31. The zero-order valence-corrected chi connectivity index (χ0v) is 17.6. The first-order valence-corrected chi connectivity index (χ1v) is 11.6. The fourth-order valence-electron chi connectivity index (χ4n) is 3.00. The monoisotopic (exact) mass is 437 g/mol. The molecule has 0 radical (unpaired) electrons. The van der Waals surface area contributed by atoms with Crippen molar-refractivity contribution in [2.75, 3.05) is 24.4 Å². The van der Waals surface area contributed by atoms with E-state index in [4.69, 9.17) is 4.74 Å². The molecule has 0 atom stereocenters. The van der Waals surface area contributed by atoms with Gasteiger partial charge in [0.2, 0.25) is 0 Å². The van der Waals surface area contributed by atoms with Gasteiger partial charge in [-0.3, -0.25) is 9.52 Å². The normalized spacial score (nSPS) is 15.0. The number of hydrogen-bond acceptors (Lipinski definition) is 6. The van der Waals surface area contributed by atoms with Gasteiger partial charge in [-0.25, -0.2) is 13.2 Å². The van der Waals surface area contributed by atoms with Gasteiger partial charge in [-0.05, 0) is 55.5 Å². The second kappa shape index (κ2) is 9.27. The van der Waals surface area contributed by atoms with Crippen molar-refractivity contribution in [1.29, 1.82) is 0 Å². The van der Waals surface area contributed by atoms with Crippen LogP contribution in [0.5, 0.6) is 0 Å². The molecule has 0 bridgehead atoms. The van der Waals surface area contributed by atoms with Crippen LogP contribution in [0.4, 0.5) is 10.5 Å². The maximum absolute atomic E-state index is 12.5. The predicted octanol–water partition coefficient (Wildman–Crippen LogP) is 2.90. The van der Waals surface area contributed by atoms with E-state index in [9.17, 15) is 18.0 Å². The number of hydrogen-bond donors (Lipinski definition) is 2. The quantitative estimate of drug-likeness (QED) is 0.723. The lowest BCUT2D eigenvalue weighted by atomic mass is 10.0. The molecule has 2 heterocycles. The Labute approximate surface area is 173 Å². The molecule has 1 aliphatic heterocycles. The minimum Gasteiger partial charge on any atom is -0.450 e. The highest BCUT2D eigenvalue weighted by atomic mass is 32.2. The molecule has 0 unspecified atom stereocenters. The van der Waals surface area contributed by atoms with Gasteiger partial charge in [0.25, 0.3) is 15.9 Å². The molecule has 156 valence electrons. The average molecular weight is 438 g/mol. The third-order valence-corrected chi connectivity index (χ3v) is 7.29. The number of benzene rings is 1. The molecule has 2 aromatic rings. The minimum atomic E-state index is -3.62. The van der Waals surface area contributed by atoms with Crippen LogP contribution < -0.4 is 10.0 Å². The summed E-state index contributed by atoms with van der Waals surface area (Å²) in [5, 5.41) is 4.66. The van der Waals surface area contributed by atoms with E-state index < -0.39 is 10.0 Å². The summed E-state index contributed by atoms with van der Waals surface area (Å²) in [6, 6.07) is 9.45. The third kappa shape index (κ3) is 5.48. The summed E-state index contributed by atoms with van der Waals surface area (Å²) in [4.78, 5) is 25.8. The van der Waals surface area contributed by atoms with Gasteiger partial charge in [0.05, 0.1) is 6.61 Å². The van der Waals surface area contributed by atoms with E-state index in [1.165, 1.54) is 6.07 Å². The molecule has 0 saturated carbocycles. The number of amides is 2. The van der Waals surface area contributed by atoms with Gasteiger partial charge in [-0.2, -0.15) is 0 Å². The van der Waals surface area contributed by atoms with Crippen LogP contribution in [-0.2, 0) is 14.8 Å². The predicted molar refractivity (Wildman–Crippen MR) is 111 cm³/mol. The largest absolute Gasteiger partial charge is 0.450 e. The first kappa shape index (κ1) is 21.1. The summed E-state index contributed by atoms with van der Waals surface area (Å²) in [5.74, 6) is -0.229. The minimum absolute atomic E-state index is 0.0230. The van der Waals surface area contributed by atoms with Crippen LogP contribution in [0.25, 0.3) is 0 Å². The Hall–Kier alpha value is -2.59. The van der Waals surface area contributed by atoms with E-state index >= 15 is 0 Å². The molecule has 0 aliphatic carbocycles. The first-order valence-electron chi connectivity index (χ1n) is 9.28. The first-order chi connectivity index (χ1) is 13.9. The maximum atomic E-state index is 12.5. The van der Waals surface area contributed by atoms with Crippen LogP contribution in [0, 0.1) is 0 Å². The Morgan fingerprint density at radius 3 is 2.45 bits per heavy atom. The van der Waals surface area contributed by atoms with Crippen LogP contribution in [0.3, 0.4) is 0 Å². The number of ether oxygens (including phenoxy) is 1. The SMILES string of the molecule is CCOC(=O)N1CCC(NC(=O)c2ccc(NS(=O)(=O)c3cccs3)cc2)CC1. The van der Waals surface area contributed by atoms with Gasteiger partial charge in [0.15, 0.2) is 0 Å². The van der Waals surface area contributed by atoms with Crippen molar-refractivity contribution in [2.45, 2.75) is 30.0 Å². The summed E-state index contributed by atoms with van der Waals surface area (Å²) in [6.07, 6.45) is 0.991. The zero-order valence-electron chi connectivity index (χ0n) is 16.0. The third-order valence-electron chi connectivity index (χ3n) is 4.52. The van der Waals surface area contributed by atoms with E-state index in [1.807, 2.05) is 0 Å². The molecular weight excluding hydrogens is 414 g/mol. The van der Waals surface area contributed by atoms with Gasteiger partial charge in [0, 0.05) is 30.4 Å². The van der Waals surface area contributed by atoms with Gasteiger partial charge in [-0.15, -0.1) is 11.3 Å². The van der Waals surface area contributed by atoms with E-state index in [0.717, 1.165) is 11.3 Å². The van der Waals surface area contributed by atoms with Crippen molar-refractivity contribution in [2.24, 2.45) is 0 Å². The summed E-state index contributed by atoms with van der Waals surface area (Å²) < 4.78 is 32.2. The smallest absolute Gasteiger partial charge is 0.409 e. The van der Waals surface area contributed by atoms with Crippen LogP contribution in [0.15, 0.2) is 46.0 Å². The lowest BCUT2D eigenvalue weighted by molar-refractivity contribution is 0.0860. The van der Waals surface area contributed by atoms with Crippen molar-refractivity contribution in [3.05, 3.63) is 47.3 Å². The number of piperidine rings is 1. The Bertz CT molecular complexity index is 935. The fraction of sp³-hybridized carbons (Fsp3) is 0.368. The van der Waals surface area contributed by atoms with Crippen LogP contribution in [0.1, 0.15) is 30.1 Å². The molecule has 10 heteroatoms. The number of nitrogens with zero attached hydrogens (tertiary/aromatic N) is 1. The highest BCUT2D eigenvalue weighted by molar-refractivity contribution is 7.94. The van der Waals surface area contributed by atoms with E-state index in [0.29, 0.717) is 43.8 Å². The highest BCUT2D eigenvalue weighted by Gasteiger charge is 2.25. The molecule has 2 amide bonds. The van der Waals surface area contributed by atoms with Crippen molar-refractivity contribution in [3.8, 4) is 0 Å². The standard InChI is InChI=1S/C19H23N3O5S2/c1-2-27-19(24)22-11-9-15(10-12-22)20-18(23)14-5-7-16(8-6-14)21-29(25,26)17-4-3-13-28-17/h3-8,13,15,21H,2,9-12H2,1H3,(H,20,23). The zero-order chi connectivity index (χ0) is 20.9. The second-order valence-corrected chi connectivity index (χ2v) is 9.41. The number of likely N-dealkylation sites (tertiary alicyclic amines) is 1. The van der Waals surface area contributed by atoms with Crippen molar-refractivity contribution in [1.82, 2.24) is 10.2 Å². The van der Waals surface area contributed by atoms with E-state index in [-0.39, 0.29) is 22.3 Å². The van der Waals surface area contributed by atoms with Crippen molar-refractivity contribution in [3.63, 3.8) is 0 Å². The van der Waals surface area contributed by atoms with E-state index in [1.54, 1.807) is 47.5 Å². The fourth-order valence-corrected chi connectivity index (χ4v) is 5.05. The summed E-state index contributed by atoms with van der Waals surface area (Å²) >= 11 is 1.13. The Kier molecular flexibility index (Phi) is 6.75. The number of rotatable bonds is 6. The second-order valence-electron chi connectivity index (χ2n) is 6.55. The topological polar surface area (TPSA) is 105 Å². The molecule has 1 saturated heterocycles. The molecule has 29 heavy (non-hydrogen) atoms. The number of sulfonamides is 1. The van der Waals surface area contributed by atoms with E-state index in [2.05, 4.69) is 10.0 Å². The average Bonchev–Trinajstić information content (AvgIpc) is 3.25. The molecule has 1 aromatic heterocycles. The maximum Gasteiger partial charge on any atom is 0.409 e. The molecule has 8 nitrogen and oxygen atoms in total. The number of nitrogens with one attached hydrogen (secondary N) is 2. The number of thiophene rings is 1. The van der Waals surface area contributed by atoms with Crippen molar-refractivity contribution < 1.29 is 22.7 Å².